The van der Waals surface area contributed by atoms with Crippen molar-refractivity contribution in [2.45, 2.75) is 13.1 Å². The molecule has 21 heavy (non-hydrogen) atoms. The Hall–Kier alpha value is -2.53. The maximum Gasteiger partial charge on any atom is 0.231 e. The van der Waals surface area contributed by atoms with Crippen molar-refractivity contribution in [3.63, 3.8) is 0 Å². The number of carbonyl (C=O) groups excluding carboxylic acids is 1. The number of nitrogen functional groups attached to an aromatic ring is 1. The number of amides is 1. The number of phenolic OH excluding ortho intramolecular Hbond substituents is 1. The van der Waals surface area contributed by atoms with Gasteiger partial charge in [0.15, 0.2) is 0 Å². The zero-order chi connectivity index (χ0) is 15.2. The fraction of sp³-hybridized carbons (Fsp3) is 0.188. The van der Waals surface area contributed by atoms with E-state index in [9.17, 15) is 9.90 Å². The van der Waals surface area contributed by atoms with E-state index in [4.69, 9.17) is 11.5 Å². The van der Waals surface area contributed by atoms with Gasteiger partial charge in [-0.25, -0.2) is 0 Å². The minimum absolute atomic E-state index is 0.172. The van der Waals surface area contributed by atoms with E-state index >= 15 is 0 Å². The number of hydrogen-bond donors (Lipinski definition) is 3. The Morgan fingerprint density at radius 3 is 1.90 bits per heavy atom. The predicted octanol–water partition coefficient (Wildman–Crippen LogP) is 1.46. The summed E-state index contributed by atoms with van der Waals surface area (Å²) in [6.45, 7) is 1.35. The molecule has 0 aliphatic carbocycles. The topological polar surface area (TPSA) is 92.6 Å². The standard InChI is InChI=1S/C16H19N3O2/c17-14-5-1-12(2-6-14)9-19(11-16(18)21)10-13-3-7-15(20)8-4-13/h1-8,20H,9-11,17H2,(H2,18,21). The molecular weight excluding hydrogens is 266 g/mol. The van der Waals surface area contributed by atoms with Gasteiger partial charge in [-0.3, -0.25) is 9.69 Å². The van der Waals surface area contributed by atoms with Gasteiger partial charge >= 0.3 is 0 Å². The molecule has 0 bridgehead atoms. The Kier molecular flexibility index (Phi) is 4.79. The minimum Gasteiger partial charge on any atom is -0.508 e. The van der Waals surface area contributed by atoms with Gasteiger partial charge in [0.25, 0.3) is 0 Å². The number of carbonyl (C=O) groups is 1. The average molecular weight is 285 g/mol. The number of aromatic hydroxyl groups is 1. The monoisotopic (exact) mass is 285 g/mol. The van der Waals surface area contributed by atoms with Gasteiger partial charge < -0.3 is 16.6 Å². The van der Waals surface area contributed by atoms with Crippen LogP contribution in [-0.2, 0) is 17.9 Å². The Bertz CT molecular complexity index is 546. The van der Waals surface area contributed by atoms with Crippen molar-refractivity contribution in [1.82, 2.24) is 4.90 Å². The van der Waals surface area contributed by atoms with Crippen molar-refractivity contribution < 1.29 is 9.90 Å². The van der Waals surface area contributed by atoms with Gasteiger partial charge in [-0.15, -0.1) is 0 Å². The van der Waals surface area contributed by atoms with Crippen molar-refractivity contribution in [3.8, 4) is 5.75 Å². The Labute approximate surface area is 123 Å². The average Bonchev–Trinajstić information content (AvgIpc) is 2.43. The van der Waals surface area contributed by atoms with Crippen LogP contribution in [0.25, 0.3) is 0 Å². The SMILES string of the molecule is NC(=O)CN(Cc1ccc(N)cc1)Cc1ccc(O)cc1. The molecule has 0 aliphatic rings. The van der Waals surface area contributed by atoms with Crippen LogP contribution in [0.15, 0.2) is 48.5 Å². The molecule has 2 aromatic rings. The highest BCUT2D eigenvalue weighted by molar-refractivity contribution is 5.75. The summed E-state index contributed by atoms with van der Waals surface area (Å²) in [6, 6.07) is 14.4. The molecule has 0 heterocycles. The smallest absolute Gasteiger partial charge is 0.231 e. The lowest BCUT2D eigenvalue weighted by Gasteiger charge is -2.21. The van der Waals surface area contributed by atoms with E-state index in [1.807, 2.05) is 41.3 Å². The van der Waals surface area contributed by atoms with Crippen LogP contribution in [0.5, 0.6) is 5.75 Å². The molecule has 5 nitrogen and oxygen atoms in total. The molecular formula is C16H19N3O2. The van der Waals surface area contributed by atoms with Crippen LogP contribution in [0.4, 0.5) is 5.69 Å². The van der Waals surface area contributed by atoms with E-state index in [-0.39, 0.29) is 18.2 Å². The number of anilines is 1. The summed E-state index contributed by atoms with van der Waals surface area (Å²) in [6.07, 6.45) is 0. The Morgan fingerprint density at radius 1 is 0.952 bits per heavy atom. The maximum absolute atomic E-state index is 11.2. The first-order valence-electron chi connectivity index (χ1n) is 6.66. The fourth-order valence-electron chi connectivity index (χ4n) is 2.13. The summed E-state index contributed by atoms with van der Waals surface area (Å²) in [5.41, 5.74) is 13.7. The third-order valence-corrected chi connectivity index (χ3v) is 3.11. The van der Waals surface area contributed by atoms with Crippen molar-refractivity contribution in [2.24, 2.45) is 5.73 Å². The normalized spacial score (nSPS) is 10.7. The van der Waals surface area contributed by atoms with Gasteiger partial charge in [0.2, 0.25) is 5.91 Å². The quantitative estimate of drug-likeness (QED) is 0.701. The first kappa shape index (κ1) is 14.9. The molecule has 5 heteroatoms. The molecule has 0 atom stereocenters. The second kappa shape index (κ2) is 6.76. The van der Waals surface area contributed by atoms with Gasteiger partial charge in [0.1, 0.15) is 5.75 Å². The van der Waals surface area contributed by atoms with Gasteiger partial charge in [0.05, 0.1) is 6.54 Å². The number of benzene rings is 2. The van der Waals surface area contributed by atoms with Crippen molar-refractivity contribution in [3.05, 3.63) is 59.7 Å². The molecule has 0 aromatic heterocycles. The highest BCUT2D eigenvalue weighted by atomic mass is 16.3. The van der Waals surface area contributed by atoms with Crippen LogP contribution in [0.1, 0.15) is 11.1 Å². The minimum atomic E-state index is -0.371. The molecule has 1 amide bonds. The van der Waals surface area contributed by atoms with E-state index < -0.39 is 0 Å². The highest BCUT2D eigenvalue weighted by Gasteiger charge is 2.10. The molecule has 5 N–H and O–H groups in total. The number of rotatable bonds is 6. The lowest BCUT2D eigenvalue weighted by Crippen LogP contribution is -2.33. The van der Waals surface area contributed by atoms with Gasteiger partial charge in [-0.05, 0) is 35.4 Å². The molecule has 2 aromatic carbocycles. The van der Waals surface area contributed by atoms with E-state index in [1.54, 1.807) is 12.1 Å². The maximum atomic E-state index is 11.2. The van der Waals surface area contributed by atoms with E-state index in [0.717, 1.165) is 11.1 Å². The lowest BCUT2D eigenvalue weighted by atomic mass is 10.1. The molecule has 0 fully saturated rings. The largest absolute Gasteiger partial charge is 0.508 e. The molecule has 0 saturated heterocycles. The van der Waals surface area contributed by atoms with Crippen LogP contribution in [0.3, 0.4) is 0 Å². The van der Waals surface area contributed by atoms with E-state index in [0.29, 0.717) is 18.8 Å². The summed E-state index contributed by atoms with van der Waals surface area (Å²) >= 11 is 0. The van der Waals surface area contributed by atoms with Crippen LogP contribution in [0.2, 0.25) is 0 Å². The third-order valence-electron chi connectivity index (χ3n) is 3.11. The molecule has 0 saturated carbocycles. The van der Waals surface area contributed by atoms with Crippen molar-refractivity contribution in [2.75, 3.05) is 12.3 Å². The fourth-order valence-corrected chi connectivity index (χ4v) is 2.13. The van der Waals surface area contributed by atoms with Crippen molar-refractivity contribution >= 4 is 11.6 Å². The summed E-state index contributed by atoms with van der Waals surface area (Å²) in [5, 5.41) is 9.30. The van der Waals surface area contributed by atoms with Crippen LogP contribution in [-0.4, -0.2) is 22.5 Å². The first-order valence-corrected chi connectivity index (χ1v) is 6.66. The van der Waals surface area contributed by atoms with E-state index in [1.165, 1.54) is 0 Å². The molecule has 0 radical (unpaired) electrons. The zero-order valence-electron chi connectivity index (χ0n) is 11.7. The molecule has 0 spiro atoms. The van der Waals surface area contributed by atoms with E-state index in [2.05, 4.69) is 0 Å². The first-order chi connectivity index (χ1) is 10.0. The van der Waals surface area contributed by atoms with Gasteiger partial charge in [-0.1, -0.05) is 24.3 Å². The van der Waals surface area contributed by atoms with Crippen LogP contribution in [0, 0.1) is 0 Å². The van der Waals surface area contributed by atoms with Gasteiger partial charge in [-0.2, -0.15) is 0 Å². The second-order valence-corrected chi connectivity index (χ2v) is 5.02. The van der Waals surface area contributed by atoms with Gasteiger partial charge in [0, 0.05) is 18.8 Å². The number of nitrogens with two attached hydrogens (primary N) is 2. The Morgan fingerprint density at radius 2 is 1.43 bits per heavy atom. The van der Waals surface area contributed by atoms with Crippen molar-refractivity contribution in [1.29, 1.82) is 0 Å². The molecule has 110 valence electrons. The molecule has 0 aliphatic heterocycles. The van der Waals surface area contributed by atoms with Crippen LogP contribution < -0.4 is 11.5 Å². The highest BCUT2D eigenvalue weighted by Crippen LogP contribution is 2.14. The number of phenols is 1. The molecule has 2 rings (SSSR count). The number of hydrogen-bond acceptors (Lipinski definition) is 4. The summed E-state index contributed by atoms with van der Waals surface area (Å²) in [5.74, 6) is -0.150. The predicted molar refractivity (Wildman–Crippen MR) is 82.3 cm³/mol. The zero-order valence-corrected chi connectivity index (χ0v) is 11.7. The summed E-state index contributed by atoms with van der Waals surface area (Å²) in [4.78, 5) is 13.2. The summed E-state index contributed by atoms with van der Waals surface area (Å²) in [7, 11) is 0. The third kappa shape index (κ3) is 4.81. The number of nitrogens with zero attached hydrogens (tertiary/aromatic N) is 1. The lowest BCUT2D eigenvalue weighted by molar-refractivity contribution is -0.119. The van der Waals surface area contributed by atoms with Crippen LogP contribution >= 0.6 is 0 Å². The summed E-state index contributed by atoms with van der Waals surface area (Å²) < 4.78 is 0. The molecule has 0 unspecified atom stereocenters. The second-order valence-electron chi connectivity index (χ2n) is 5.02. The Balaban J connectivity index is 2.08. The number of primary amides is 1.